The number of phenolic OH excluding ortho intramolecular Hbond substituents is 1. The van der Waals surface area contributed by atoms with E-state index in [1.165, 1.54) is 19.2 Å². The van der Waals surface area contributed by atoms with Crippen molar-refractivity contribution < 1.29 is 29.3 Å². The molecular formula is C30H38N2O6. The summed E-state index contributed by atoms with van der Waals surface area (Å²) in [5, 5.41) is 19.0. The molecule has 2 N–H and O–H groups in total. The SMILES string of the molecule is CC.CC.CC.COc1ccc2c(C(=O)c3ccc(O)cc3)cn(Cc3cccc(OCC(=O)O)c3)c2n1. The van der Waals surface area contributed by atoms with Crippen molar-refractivity contribution in [3.63, 3.8) is 0 Å². The number of aliphatic carboxylic acids is 1. The van der Waals surface area contributed by atoms with Crippen molar-refractivity contribution in [1.29, 1.82) is 0 Å². The van der Waals surface area contributed by atoms with Gasteiger partial charge in [0.15, 0.2) is 12.4 Å². The number of aromatic hydroxyl groups is 1. The first-order valence-electron chi connectivity index (χ1n) is 12.8. The molecule has 2 heterocycles. The number of benzene rings is 2. The van der Waals surface area contributed by atoms with Crippen LogP contribution in [-0.4, -0.2) is 45.2 Å². The quantitative estimate of drug-likeness (QED) is 0.252. The molecule has 2 aromatic heterocycles. The molecular weight excluding hydrogens is 484 g/mol. The number of nitrogens with zero attached hydrogens (tertiary/aromatic N) is 2. The second-order valence-electron chi connectivity index (χ2n) is 7.10. The minimum atomic E-state index is -1.06. The highest BCUT2D eigenvalue weighted by Crippen LogP contribution is 2.27. The third-order valence-electron chi connectivity index (χ3n) is 4.89. The van der Waals surface area contributed by atoms with Crippen LogP contribution >= 0.6 is 0 Å². The minimum Gasteiger partial charge on any atom is -0.508 e. The van der Waals surface area contributed by atoms with Crippen molar-refractivity contribution in [2.45, 2.75) is 48.1 Å². The first-order valence-corrected chi connectivity index (χ1v) is 12.8. The van der Waals surface area contributed by atoms with Gasteiger partial charge in [-0.05, 0) is 48.0 Å². The Hall–Kier alpha value is -4.33. The first-order chi connectivity index (χ1) is 18.4. The molecule has 4 rings (SSSR count). The maximum Gasteiger partial charge on any atom is 0.341 e. The van der Waals surface area contributed by atoms with E-state index >= 15 is 0 Å². The molecule has 204 valence electrons. The van der Waals surface area contributed by atoms with Gasteiger partial charge in [0.25, 0.3) is 0 Å². The van der Waals surface area contributed by atoms with Gasteiger partial charge in [-0.15, -0.1) is 0 Å². The number of hydrogen-bond acceptors (Lipinski definition) is 6. The predicted molar refractivity (Wildman–Crippen MR) is 151 cm³/mol. The van der Waals surface area contributed by atoms with Crippen LogP contribution in [0.15, 0.2) is 66.9 Å². The molecule has 0 aliphatic rings. The van der Waals surface area contributed by atoms with Crippen LogP contribution in [0.2, 0.25) is 0 Å². The zero-order chi connectivity index (χ0) is 28.7. The number of phenols is 1. The average Bonchev–Trinajstić information content (AvgIpc) is 3.32. The molecule has 0 aliphatic heterocycles. The molecule has 0 amide bonds. The molecule has 8 nitrogen and oxygen atoms in total. The number of hydrogen-bond donors (Lipinski definition) is 2. The normalized spacial score (nSPS) is 9.55. The summed E-state index contributed by atoms with van der Waals surface area (Å²) in [5.74, 6) is -0.313. The highest BCUT2D eigenvalue weighted by atomic mass is 16.5. The second-order valence-corrected chi connectivity index (χ2v) is 7.10. The molecule has 0 unspecified atom stereocenters. The van der Waals surface area contributed by atoms with Crippen LogP contribution in [0.5, 0.6) is 17.4 Å². The standard InChI is InChI=1S/C24H20N2O6.3C2H6/c1-31-21-10-9-19-20(23(30)16-5-7-17(27)8-6-16)13-26(24(19)25-21)12-15-3-2-4-18(11-15)32-14-22(28)29;3*1-2/h2-11,13,27H,12,14H2,1H3,(H,28,29);3*1-2H3. The van der Waals surface area contributed by atoms with Gasteiger partial charge in [0.1, 0.15) is 17.1 Å². The number of rotatable bonds is 8. The third-order valence-corrected chi connectivity index (χ3v) is 4.89. The highest BCUT2D eigenvalue weighted by molar-refractivity contribution is 6.16. The smallest absolute Gasteiger partial charge is 0.341 e. The summed E-state index contributed by atoms with van der Waals surface area (Å²) in [4.78, 5) is 28.5. The number of carbonyl (C=O) groups is 2. The van der Waals surface area contributed by atoms with Crippen LogP contribution in [0.4, 0.5) is 0 Å². The lowest BCUT2D eigenvalue weighted by atomic mass is 10.0. The van der Waals surface area contributed by atoms with E-state index in [1.807, 2.05) is 52.2 Å². The van der Waals surface area contributed by atoms with E-state index in [2.05, 4.69) is 4.98 Å². The molecule has 38 heavy (non-hydrogen) atoms. The number of carboxylic acid groups (broad SMARTS) is 1. The fraction of sp³-hybridized carbons (Fsp3) is 0.300. The van der Waals surface area contributed by atoms with Gasteiger partial charge in [-0.2, -0.15) is 4.98 Å². The van der Waals surface area contributed by atoms with E-state index < -0.39 is 12.6 Å². The van der Waals surface area contributed by atoms with Crippen molar-refractivity contribution in [3.8, 4) is 17.4 Å². The molecule has 0 saturated heterocycles. The zero-order valence-corrected chi connectivity index (χ0v) is 23.2. The van der Waals surface area contributed by atoms with Crippen molar-refractivity contribution in [3.05, 3.63) is 83.6 Å². The third kappa shape index (κ3) is 8.37. The van der Waals surface area contributed by atoms with Gasteiger partial charge in [-0.3, -0.25) is 4.79 Å². The molecule has 8 heteroatoms. The number of methoxy groups -OCH3 is 1. The molecule has 0 radical (unpaired) electrons. The highest BCUT2D eigenvalue weighted by Gasteiger charge is 2.19. The Kier molecular flexibility index (Phi) is 13.7. The Morgan fingerprint density at radius 2 is 1.58 bits per heavy atom. The lowest BCUT2D eigenvalue weighted by Crippen LogP contribution is -2.09. The Morgan fingerprint density at radius 1 is 0.921 bits per heavy atom. The number of ketones is 1. The van der Waals surface area contributed by atoms with Crippen LogP contribution < -0.4 is 9.47 Å². The molecule has 2 aromatic carbocycles. The molecule has 0 aliphatic carbocycles. The predicted octanol–water partition coefficient (Wildman–Crippen LogP) is 6.57. The van der Waals surface area contributed by atoms with Gasteiger partial charge in [0, 0.05) is 35.3 Å². The Morgan fingerprint density at radius 3 is 2.18 bits per heavy atom. The van der Waals surface area contributed by atoms with Crippen LogP contribution in [0.25, 0.3) is 11.0 Å². The van der Waals surface area contributed by atoms with Gasteiger partial charge in [-0.25, -0.2) is 4.79 Å². The summed E-state index contributed by atoms with van der Waals surface area (Å²) in [6.07, 6.45) is 1.73. The van der Waals surface area contributed by atoms with E-state index in [9.17, 15) is 14.7 Å². The monoisotopic (exact) mass is 522 g/mol. The molecule has 0 fully saturated rings. The number of fused-ring (bicyclic) bond motifs is 1. The van der Waals surface area contributed by atoms with Crippen molar-refractivity contribution in [1.82, 2.24) is 9.55 Å². The Balaban J connectivity index is 0.00000112. The molecule has 0 spiro atoms. The number of carbonyl (C=O) groups excluding carboxylic acids is 1. The number of aromatic nitrogens is 2. The van der Waals surface area contributed by atoms with Gasteiger partial charge >= 0.3 is 5.97 Å². The van der Waals surface area contributed by atoms with Gasteiger partial charge in [0.05, 0.1) is 7.11 Å². The summed E-state index contributed by atoms with van der Waals surface area (Å²) in [6, 6.07) is 16.6. The van der Waals surface area contributed by atoms with Gasteiger partial charge in [0.2, 0.25) is 5.88 Å². The lowest BCUT2D eigenvalue weighted by molar-refractivity contribution is -0.139. The van der Waals surface area contributed by atoms with Gasteiger partial charge < -0.3 is 24.3 Å². The molecule has 4 aromatic rings. The van der Waals surface area contributed by atoms with Crippen LogP contribution in [0, 0.1) is 0 Å². The number of carboxylic acids is 1. The summed E-state index contributed by atoms with van der Waals surface area (Å²) in [6.45, 7) is 11.9. The van der Waals surface area contributed by atoms with Gasteiger partial charge in [-0.1, -0.05) is 53.7 Å². The fourth-order valence-corrected chi connectivity index (χ4v) is 3.41. The van der Waals surface area contributed by atoms with E-state index in [0.717, 1.165) is 5.56 Å². The topological polar surface area (TPSA) is 111 Å². The van der Waals surface area contributed by atoms with Crippen LogP contribution in [0.1, 0.15) is 63.0 Å². The van der Waals surface area contributed by atoms with Crippen LogP contribution in [-0.2, 0) is 11.3 Å². The largest absolute Gasteiger partial charge is 0.508 e. The number of pyridine rings is 1. The minimum absolute atomic E-state index is 0.0837. The van der Waals surface area contributed by atoms with E-state index in [-0.39, 0.29) is 11.5 Å². The Labute approximate surface area is 224 Å². The lowest BCUT2D eigenvalue weighted by Gasteiger charge is -2.08. The average molecular weight is 523 g/mol. The van der Waals surface area contributed by atoms with Crippen LogP contribution in [0.3, 0.4) is 0 Å². The van der Waals surface area contributed by atoms with Crippen molar-refractivity contribution in [2.75, 3.05) is 13.7 Å². The van der Waals surface area contributed by atoms with E-state index in [0.29, 0.717) is 40.3 Å². The molecule has 0 saturated carbocycles. The zero-order valence-electron chi connectivity index (χ0n) is 23.2. The second kappa shape index (κ2) is 16.4. The maximum atomic E-state index is 13.2. The fourth-order valence-electron chi connectivity index (χ4n) is 3.41. The number of ether oxygens (including phenoxy) is 2. The summed E-state index contributed by atoms with van der Waals surface area (Å²) >= 11 is 0. The first kappa shape index (κ1) is 31.7. The molecule has 0 atom stereocenters. The Bertz CT molecular complexity index is 1300. The van der Waals surface area contributed by atoms with Crippen molar-refractivity contribution in [2.24, 2.45) is 0 Å². The molecule has 0 bridgehead atoms. The summed E-state index contributed by atoms with van der Waals surface area (Å²) < 4.78 is 12.4. The van der Waals surface area contributed by atoms with Crippen molar-refractivity contribution >= 4 is 22.8 Å². The van der Waals surface area contributed by atoms with E-state index in [1.54, 1.807) is 48.7 Å². The van der Waals surface area contributed by atoms with E-state index in [4.69, 9.17) is 14.6 Å². The maximum absolute atomic E-state index is 13.2. The summed E-state index contributed by atoms with van der Waals surface area (Å²) in [7, 11) is 1.52. The summed E-state index contributed by atoms with van der Waals surface area (Å²) in [5.41, 5.74) is 2.34.